The Morgan fingerprint density at radius 1 is 0.810 bits per heavy atom. The van der Waals surface area contributed by atoms with Gasteiger partial charge in [-0.2, -0.15) is 0 Å². The molecule has 0 saturated carbocycles. The minimum Gasteiger partial charge on any atom is -0.494 e. The van der Waals surface area contributed by atoms with Crippen molar-refractivity contribution < 1.29 is 9.47 Å². The van der Waals surface area contributed by atoms with E-state index < -0.39 is 0 Å². The Balaban J connectivity index is 2.27. The summed E-state index contributed by atoms with van der Waals surface area (Å²) in [6.07, 6.45) is 9.66. The molecule has 3 heteroatoms. The first-order chi connectivity index (χ1) is 10.3. The Kier molecular flexibility index (Phi) is 9.51. The SMILES string of the molecule is CCCCCCOc1ccc(OCCCCCC)c(N)c1. The number of ether oxygens (including phenoxy) is 2. The van der Waals surface area contributed by atoms with Crippen molar-refractivity contribution in [2.75, 3.05) is 18.9 Å². The van der Waals surface area contributed by atoms with E-state index in [1.165, 1.54) is 38.5 Å². The number of anilines is 1. The van der Waals surface area contributed by atoms with Crippen LogP contribution < -0.4 is 15.2 Å². The van der Waals surface area contributed by atoms with Gasteiger partial charge in [-0.05, 0) is 25.0 Å². The number of unbranched alkanes of at least 4 members (excludes halogenated alkanes) is 6. The second kappa shape index (κ2) is 11.3. The van der Waals surface area contributed by atoms with Gasteiger partial charge in [0.15, 0.2) is 0 Å². The van der Waals surface area contributed by atoms with Crippen molar-refractivity contribution in [2.45, 2.75) is 65.2 Å². The van der Waals surface area contributed by atoms with Crippen LogP contribution in [0.1, 0.15) is 65.2 Å². The maximum atomic E-state index is 6.01. The van der Waals surface area contributed by atoms with Crippen LogP contribution in [0.4, 0.5) is 5.69 Å². The molecule has 0 heterocycles. The molecule has 0 aliphatic rings. The lowest BCUT2D eigenvalue weighted by Crippen LogP contribution is -2.02. The number of nitrogen functional groups attached to an aromatic ring is 1. The molecule has 2 N–H and O–H groups in total. The largest absolute Gasteiger partial charge is 0.494 e. The Labute approximate surface area is 129 Å². The number of rotatable bonds is 12. The lowest BCUT2D eigenvalue weighted by molar-refractivity contribution is 0.298. The lowest BCUT2D eigenvalue weighted by Gasteiger charge is -2.11. The summed E-state index contributed by atoms with van der Waals surface area (Å²) in [5, 5.41) is 0. The van der Waals surface area contributed by atoms with Crippen LogP contribution in [0, 0.1) is 0 Å². The summed E-state index contributed by atoms with van der Waals surface area (Å²) >= 11 is 0. The van der Waals surface area contributed by atoms with Gasteiger partial charge in [-0.1, -0.05) is 52.4 Å². The summed E-state index contributed by atoms with van der Waals surface area (Å²) < 4.78 is 11.4. The molecule has 0 bridgehead atoms. The van der Waals surface area contributed by atoms with Crippen molar-refractivity contribution in [2.24, 2.45) is 0 Å². The monoisotopic (exact) mass is 293 g/mol. The normalized spacial score (nSPS) is 10.6. The van der Waals surface area contributed by atoms with Crippen LogP contribution in [0.15, 0.2) is 18.2 Å². The van der Waals surface area contributed by atoms with Crippen LogP contribution in [0.25, 0.3) is 0 Å². The van der Waals surface area contributed by atoms with Gasteiger partial charge < -0.3 is 15.2 Å². The van der Waals surface area contributed by atoms with Crippen LogP contribution in [0.5, 0.6) is 11.5 Å². The highest BCUT2D eigenvalue weighted by Crippen LogP contribution is 2.26. The van der Waals surface area contributed by atoms with Crippen molar-refractivity contribution in [3.63, 3.8) is 0 Å². The third-order valence-electron chi connectivity index (χ3n) is 3.50. The fourth-order valence-electron chi connectivity index (χ4n) is 2.18. The molecule has 0 aliphatic heterocycles. The Morgan fingerprint density at radius 3 is 2.00 bits per heavy atom. The van der Waals surface area contributed by atoms with Crippen molar-refractivity contribution in [3.05, 3.63) is 18.2 Å². The van der Waals surface area contributed by atoms with Crippen LogP contribution in [-0.4, -0.2) is 13.2 Å². The molecule has 1 aromatic rings. The summed E-state index contributed by atoms with van der Waals surface area (Å²) in [5.41, 5.74) is 6.67. The van der Waals surface area contributed by atoms with E-state index in [1.807, 2.05) is 18.2 Å². The molecule has 3 nitrogen and oxygen atoms in total. The molecule has 21 heavy (non-hydrogen) atoms. The maximum absolute atomic E-state index is 6.01. The average molecular weight is 293 g/mol. The molecule has 1 rings (SSSR count). The number of benzene rings is 1. The maximum Gasteiger partial charge on any atom is 0.142 e. The zero-order valence-corrected chi connectivity index (χ0v) is 13.7. The Morgan fingerprint density at radius 2 is 1.43 bits per heavy atom. The molecular weight excluding hydrogens is 262 g/mol. The summed E-state index contributed by atoms with van der Waals surface area (Å²) in [5.74, 6) is 1.60. The predicted octanol–water partition coefficient (Wildman–Crippen LogP) is 5.19. The predicted molar refractivity (Wildman–Crippen MR) is 90.1 cm³/mol. The van der Waals surface area contributed by atoms with Crippen LogP contribution in [0.3, 0.4) is 0 Å². The number of nitrogens with two attached hydrogens (primary N) is 1. The van der Waals surface area contributed by atoms with E-state index in [9.17, 15) is 0 Å². The molecule has 120 valence electrons. The van der Waals surface area contributed by atoms with E-state index in [0.29, 0.717) is 5.69 Å². The molecule has 0 radical (unpaired) electrons. The van der Waals surface area contributed by atoms with Crippen molar-refractivity contribution >= 4 is 5.69 Å². The third-order valence-corrected chi connectivity index (χ3v) is 3.50. The minimum atomic E-state index is 0.663. The zero-order chi connectivity index (χ0) is 15.3. The van der Waals surface area contributed by atoms with Crippen molar-refractivity contribution in [1.82, 2.24) is 0 Å². The second-order valence-electron chi connectivity index (χ2n) is 5.52. The molecule has 0 aliphatic carbocycles. The fourth-order valence-corrected chi connectivity index (χ4v) is 2.18. The highest BCUT2D eigenvalue weighted by atomic mass is 16.5. The first-order valence-corrected chi connectivity index (χ1v) is 8.43. The van der Waals surface area contributed by atoms with Crippen LogP contribution in [-0.2, 0) is 0 Å². The molecule has 0 aromatic heterocycles. The van der Waals surface area contributed by atoms with E-state index in [4.69, 9.17) is 15.2 Å². The summed E-state index contributed by atoms with van der Waals surface area (Å²) in [4.78, 5) is 0. The number of hydrogen-bond acceptors (Lipinski definition) is 3. The van der Waals surface area contributed by atoms with Gasteiger partial charge in [0.05, 0.1) is 18.9 Å². The standard InChI is InChI=1S/C18H31NO2/c1-3-5-7-9-13-20-16-11-12-18(17(19)15-16)21-14-10-8-6-4-2/h11-12,15H,3-10,13-14,19H2,1-2H3. The lowest BCUT2D eigenvalue weighted by atomic mass is 10.2. The van der Waals surface area contributed by atoms with Gasteiger partial charge in [0, 0.05) is 6.07 Å². The molecule has 0 saturated heterocycles. The topological polar surface area (TPSA) is 44.5 Å². The van der Waals surface area contributed by atoms with Crippen molar-refractivity contribution in [3.8, 4) is 11.5 Å². The molecular formula is C18H31NO2. The minimum absolute atomic E-state index is 0.663. The molecule has 0 atom stereocenters. The van der Waals surface area contributed by atoms with E-state index in [-0.39, 0.29) is 0 Å². The van der Waals surface area contributed by atoms with Crippen LogP contribution >= 0.6 is 0 Å². The number of hydrogen-bond donors (Lipinski definition) is 1. The smallest absolute Gasteiger partial charge is 0.142 e. The van der Waals surface area contributed by atoms with Gasteiger partial charge in [-0.25, -0.2) is 0 Å². The van der Waals surface area contributed by atoms with Gasteiger partial charge in [-0.3, -0.25) is 0 Å². The Hall–Kier alpha value is -1.38. The van der Waals surface area contributed by atoms with E-state index in [2.05, 4.69) is 13.8 Å². The average Bonchev–Trinajstić information content (AvgIpc) is 2.48. The summed E-state index contributed by atoms with van der Waals surface area (Å²) in [6.45, 7) is 5.92. The first-order valence-electron chi connectivity index (χ1n) is 8.43. The fraction of sp³-hybridized carbons (Fsp3) is 0.667. The van der Waals surface area contributed by atoms with E-state index >= 15 is 0 Å². The van der Waals surface area contributed by atoms with E-state index in [0.717, 1.165) is 37.6 Å². The zero-order valence-electron chi connectivity index (χ0n) is 13.7. The van der Waals surface area contributed by atoms with Gasteiger partial charge in [0.25, 0.3) is 0 Å². The highest BCUT2D eigenvalue weighted by Gasteiger charge is 2.03. The first kappa shape index (κ1) is 17.7. The molecule has 0 unspecified atom stereocenters. The molecule has 1 aromatic carbocycles. The van der Waals surface area contributed by atoms with Crippen molar-refractivity contribution in [1.29, 1.82) is 0 Å². The van der Waals surface area contributed by atoms with Crippen LogP contribution in [0.2, 0.25) is 0 Å². The van der Waals surface area contributed by atoms with Gasteiger partial charge >= 0.3 is 0 Å². The quantitative estimate of drug-likeness (QED) is 0.426. The molecule has 0 amide bonds. The Bertz CT molecular complexity index is 379. The van der Waals surface area contributed by atoms with Gasteiger partial charge in [0.2, 0.25) is 0 Å². The molecule has 0 fully saturated rings. The third kappa shape index (κ3) is 7.84. The van der Waals surface area contributed by atoms with Gasteiger partial charge in [0.1, 0.15) is 11.5 Å². The highest BCUT2D eigenvalue weighted by molar-refractivity contribution is 5.56. The summed E-state index contributed by atoms with van der Waals surface area (Å²) in [7, 11) is 0. The van der Waals surface area contributed by atoms with Gasteiger partial charge in [-0.15, -0.1) is 0 Å². The van der Waals surface area contributed by atoms with E-state index in [1.54, 1.807) is 0 Å². The molecule has 0 spiro atoms. The summed E-state index contributed by atoms with van der Waals surface area (Å²) in [6, 6.07) is 5.72. The second-order valence-corrected chi connectivity index (χ2v) is 5.52.